The SMILES string of the molecule is O=C(O)OCC1=NCCC1Br. The van der Waals surface area contributed by atoms with E-state index in [0.717, 1.165) is 18.7 Å². The third kappa shape index (κ3) is 2.49. The summed E-state index contributed by atoms with van der Waals surface area (Å²) in [6, 6.07) is 0. The maximum absolute atomic E-state index is 9.97. The molecule has 0 bridgehead atoms. The topological polar surface area (TPSA) is 58.9 Å². The number of carbonyl (C=O) groups is 1. The number of hydrogen-bond donors (Lipinski definition) is 1. The molecule has 1 rings (SSSR count). The summed E-state index contributed by atoms with van der Waals surface area (Å²) in [5.41, 5.74) is 0.785. The van der Waals surface area contributed by atoms with E-state index in [9.17, 15) is 4.79 Å². The van der Waals surface area contributed by atoms with Crippen LogP contribution in [0.5, 0.6) is 0 Å². The van der Waals surface area contributed by atoms with E-state index in [1.54, 1.807) is 0 Å². The summed E-state index contributed by atoms with van der Waals surface area (Å²) in [6.07, 6.45) is -0.322. The first-order chi connectivity index (χ1) is 5.20. The molecule has 1 heterocycles. The minimum Gasteiger partial charge on any atom is -0.450 e. The van der Waals surface area contributed by atoms with E-state index in [2.05, 4.69) is 25.7 Å². The molecule has 0 saturated carbocycles. The van der Waals surface area contributed by atoms with Crippen molar-refractivity contribution in [2.24, 2.45) is 4.99 Å². The molecule has 62 valence electrons. The van der Waals surface area contributed by atoms with Gasteiger partial charge in [-0.25, -0.2) is 4.79 Å². The normalized spacial score (nSPS) is 23.0. The van der Waals surface area contributed by atoms with Gasteiger partial charge in [0.15, 0.2) is 0 Å². The minimum absolute atomic E-state index is 0.0885. The zero-order valence-corrected chi connectivity index (χ0v) is 7.37. The first-order valence-electron chi connectivity index (χ1n) is 3.23. The summed E-state index contributed by atoms with van der Waals surface area (Å²) in [5.74, 6) is 0. The van der Waals surface area contributed by atoms with Crippen LogP contribution in [0.3, 0.4) is 0 Å². The predicted molar refractivity (Wildman–Crippen MR) is 43.6 cm³/mol. The van der Waals surface area contributed by atoms with Crippen molar-refractivity contribution in [1.82, 2.24) is 0 Å². The fraction of sp³-hybridized carbons (Fsp3) is 0.667. The minimum atomic E-state index is -1.25. The Morgan fingerprint density at radius 2 is 2.64 bits per heavy atom. The van der Waals surface area contributed by atoms with E-state index < -0.39 is 6.16 Å². The number of alkyl halides is 1. The standard InChI is InChI=1S/C6H8BrNO3/c7-4-1-2-8-5(4)3-11-6(9)10/h4H,1-3H2,(H,9,10). The fourth-order valence-corrected chi connectivity index (χ4v) is 1.34. The Balaban J connectivity index is 2.31. The van der Waals surface area contributed by atoms with Crippen molar-refractivity contribution >= 4 is 27.8 Å². The average molecular weight is 222 g/mol. The molecule has 0 radical (unpaired) electrons. The Morgan fingerprint density at radius 3 is 3.09 bits per heavy atom. The van der Waals surface area contributed by atoms with Crippen molar-refractivity contribution in [2.45, 2.75) is 11.2 Å². The smallest absolute Gasteiger partial charge is 0.450 e. The van der Waals surface area contributed by atoms with Crippen LogP contribution >= 0.6 is 15.9 Å². The molecule has 11 heavy (non-hydrogen) atoms. The lowest BCUT2D eigenvalue weighted by Gasteiger charge is -2.03. The molecule has 1 N–H and O–H groups in total. The van der Waals surface area contributed by atoms with Gasteiger partial charge in [-0.2, -0.15) is 0 Å². The van der Waals surface area contributed by atoms with Crippen LogP contribution in [0.2, 0.25) is 0 Å². The van der Waals surface area contributed by atoms with E-state index in [-0.39, 0.29) is 11.4 Å². The number of hydrogen-bond acceptors (Lipinski definition) is 3. The summed E-state index contributed by atoms with van der Waals surface area (Å²) < 4.78 is 4.35. The van der Waals surface area contributed by atoms with Crippen LogP contribution in [0.1, 0.15) is 6.42 Å². The van der Waals surface area contributed by atoms with Gasteiger partial charge in [0.1, 0.15) is 6.61 Å². The molecule has 0 aromatic heterocycles. The molecule has 1 aliphatic rings. The first kappa shape index (κ1) is 8.52. The second-order valence-corrected chi connectivity index (χ2v) is 3.29. The van der Waals surface area contributed by atoms with Gasteiger partial charge in [-0.1, -0.05) is 15.9 Å². The molecular formula is C6H8BrNO3. The molecule has 5 heteroatoms. The monoisotopic (exact) mass is 221 g/mol. The summed E-state index contributed by atoms with van der Waals surface area (Å²) >= 11 is 3.35. The number of halogens is 1. The zero-order valence-electron chi connectivity index (χ0n) is 5.79. The van der Waals surface area contributed by atoms with Crippen molar-refractivity contribution < 1.29 is 14.6 Å². The highest BCUT2D eigenvalue weighted by molar-refractivity contribution is 9.10. The van der Waals surface area contributed by atoms with Crippen LogP contribution in [-0.2, 0) is 4.74 Å². The summed E-state index contributed by atoms with van der Waals surface area (Å²) in [6.45, 7) is 0.847. The maximum atomic E-state index is 9.97. The lowest BCUT2D eigenvalue weighted by Crippen LogP contribution is -2.17. The average Bonchev–Trinajstić information content (AvgIpc) is 2.31. The maximum Gasteiger partial charge on any atom is 0.506 e. The van der Waals surface area contributed by atoms with Gasteiger partial charge in [-0.3, -0.25) is 4.99 Å². The Hall–Kier alpha value is -0.580. The molecule has 0 aromatic rings. The van der Waals surface area contributed by atoms with E-state index in [1.807, 2.05) is 0 Å². The third-order valence-corrected chi connectivity index (χ3v) is 2.39. The van der Waals surface area contributed by atoms with E-state index in [1.165, 1.54) is 0 Å². The summed E-state index contributed by atoms with van der Waals surface area (Å²) in [7, 11) is 0. The molecule has 0 aromatic carbocycles. The predicted octanol–water partition coefficient (Wildman–Crippen LogP) is 1.29. The molecule has 0 saturated heterocycles. The molecular weight excluding hydrogens is 214 g/mol. The third-order valence-electron chi connectivity index (χ3n) is 1.40. The van der Waals surface area contributed by atoms with Crippen molar-refractivity contribution in [3.63, 3.8) is 0 Å². The Bertz CT molecular complexity index is 192. The lowest BCUT2D eigenvalue weighted by atomic mass is 10.3. The number of aliphatic imine (C=N–C) groups is 1. The van der Waals surface area contributed by atoms with E-state index in [0.29, 0.717) is 0 Å². The van der Waals surface area contributed by atoms with Crippen LogP contribution in [0, 0.1) is 0 Å². The van der Waals surface area contributed by atoms with Gasteiger partial charge in [-0.15, -0.1) is 0 Å². The van der Waals surface area contributed by atoms with Crippen LogP contribution < -0.4 is 0 Å². The van der Waals surface area contributed by atoms with Gasteiger partial charge in [0.2, 0.25) is 0 Å². The summed E-state index contributed by atoms with van der Waals surface area (Å²) in [5, 5.41) is 8.17. The van der Waals surface area contributed by atoms with Gasteiger partial charge in [-0.05, 0) is 6.42 Å². The van der Waals surface area contributed by atoms with Crippen LogP contribution in [0.15, 0.2) is 4.99 Å². The van der Waals surface area contributed by atoms with Crippen molar-refractivity contribution in [2.75, 3.05) is 13.2 Å². The highest BCUT2D eigenvalue weighted by atomic mass is 79.9. The fourth-order valence-electron chi connectivity index (χ4n) is 0.859. The van der Waals surface area contributed by atoms with Gasteiger partial charge in [0, 0.05) is 6.54 Å². The second-order valence-electron chi connectivity index (χ2n) is 2.18. The van der Waals surface area contributed by atoms with Gasteiger partial charge >= 0.3 is 6.16 Å². The largest absolute Gasteiger partial charge is 0.506 e. The van der Waals surface area contributed by atoms with Crippen molar-refractivity contribution in [3.05, 3.63) is 0 Å². The molecule has 0 amide bonds. The number of nitrogens with zero attached hydrogens (tertiary/aromatic N) is 1. The van der Waals surface area contributed by atoms with E-state index in [4.69, 9.17) is 5.11 Å². The number of ether oxygens (including phenoxy) is 1. The number of rotatable bonds is 2. The molecule has 1 aliphatic heterocycles. The molecule has 4 nitrogen and oxygen atoms in total. The molecule has 0 fully saturated rings. The van der Waals surface area contributed by atoms with Crippen molar-refractivity contribution in [1.29, 1.82) is 0 Å². The zero-order chi connectivity index (χ0) is 8.27. The molecule has 0 spiro atoms. The molecule has 1 atom stereocenters. The summed E-state index contributed by atoms with van der Waals surface area (Å²) in [4.78, 5) is 14.2. The molecule has 0 aliphatic carbocycles. The lowest BCUT2D eigenvalue weighted by molar-refractivity contribution is 0.105. The Labute approximate surface area is 72.4 Å². The van der Waals surface area contributed by atoms with Gasteiger partial charge < -0.3 is 9.84 Å². The Morgan fingerprint density at radius 1 is 1.91 bits per heavy atom. The van der Waals surface area contributed by atoms with E-state index >= 15 is 0 Å². The first-order valence-corrected chi connectivity index (χ1v) is 4.14. The van der Waals surface area contributed by atoms with Crippen LogP contribution in [0.25, 0.3) is 0 Å². The van der Waals surface area contributed by atoms with Gasteiger partial charge in [0.25, 0.3) is 0 Å². The Kier molecular flexibility index (Phi) is 2.87. The quantitative estimate of drug-likeness (QED) is 0.565. The van der Waals surface area contributed by atoms with Gasteiger partial charge in [0.05, 0.1) is 10.5 Å². The highest BCUT2D eigenvalue weighted by Gasteiger charge is 2.18. The second kappa shape index (κ2) is 3.71. The van der Waals surface area contributed by atoms with Crippen molar-refractivity contribution in [3.8, 4) is 0 Å². The number of carboxylic acid groups (broad SMARTS) is 1. The highest BCUT2D eigenvalue weighted by Crippen LogP contribution is 2.14. The van der Waals surface area contributed by atoms with Crippen LogP contribution in [0.4, 0.5) is 4.79 Å². The van der Waals surface area contributed by atoms with Crippen LogP contribution in [-0.4, -0.2) is 35.0 Å². The molecule has 1 unspecified atom stereocenters.